The van der Waals surface area contributed by atoms with Gasteiger partial charge in [-0.3, -0.25) is 9.59 Å². The van der Waals surface area contributed by atoms with E-state index in [1.807, 2.05) is 0 Å². The maximum atomic E-state index is 13.6. The van der Waals surface area contributed by atoms with Gasteiger partial charge in [-0.05, 0) is 38.0 Å². The molecule has 0 aliphatic carbocycles. The summed E-state index contributed by atoms with van der Waals surface area (Å²) < 4.78 is 26.7. The second-order valence-electron chi connectivity index (χ2n) is 5.33. The molecule has 1 aromatic carbocycles. The molecule has 2 rings (SSSR count). The summed E-state index contributed by atoms with van der Waals surface area (Å²) >= 11 is 0. The monoisotopic (exact) mass is 297 g/mol. The molecule has 1 aliphatic heterocycles. The van der Waals surface area contributed by atoms with E-state index in [2.05, 4.69) is 0 Å². The molecule has 1 saturated heterocycles. The van der Waals surface area contributed by atoms with E-state index in [0.29, 0.717) is 19.4 Å². The van der Waals surface area contributed by atoms with Crippen molar-refractivity contribution in [3.05, 3.63) is 35.4 Å². The van der Waals surface area contributed by atoms with Crippen LogP contribution in [0.4, 0.5) is 8.78 Å². The van der Waals surface area contributed by atoms with E-state index >= 15 is 0 Å². The highest BCUT2D eigenvalue weighted by molar-refractivity contribution is 5.80. The molecule has 21 heavy (non-hydrogen) atoms. The van der Waals surface area contributed by atoms with Crippen molar-refractivity contribution in [3.8, 4) is 0 Å². The summed E-state index contributed by atoms with van der Waals surface area (Å²) in [6.07, 6.45) is 0.855. The summed E-state index contributed by atoms with van der Waals surface area (Å²) in [4.78, 5) is 24.8. The largest absolute Gasteiger partial charge is 0.481 e. The molecule has 0 saturated carbocycles. The fraction of sp³-hybridized carbons (Fsp3) is 0.467. The predicted octanol–water partition coefficient (Wildman–Crippen LogP) is 2.22. The highest BCUT2D eigenvalue weighted by atomic mass is 19.1. The quantitative estimate of drug-likeness (QED) is 0.930. The van der Waals surface area contributed by atoms with Gasteiger partial charge < -0.3 is 10.0 Å². The fourth-order valence-corrected chi connectivity index (χ4v) is 2.77. The number of carbonyl (C=O) groups excluding carboxylic acids is 1. The number of nitrogens with zero attached hydrogens (tertiary/aromatic N) is 1. The lowest BCUT2D eigenvalue weighted by molar-refractivity contribution is -0.148. The Morgan fingerprint density at radius 2 is 2.10 bits per heavy atom. The molecule has 1 fully saturated rings. The molecule has 0 spiro atoms. The Hall–Kier alpha value is -1.98. The standard InChI is InChI=1S/C15H17F2NO3/c1-9-12(15(20)21)3-2-6-18(9)14(19)8-10-7-11(16)4-5-13(10)17/h4-5,7,9,12H,2-3,6,8H2,1H3,(H,20,21)/t9-,12-/m1/s1. The molecule has 1 aromatic rings. The summed E-state index contributed by atoms with van der Waals surface area (Å²) in [5.41, 5.74) is -0.00958. The summed E-state index contributed by atoms with van der Waals surface area (Å²) in [7, 11) is 0. The van der Waals surface area contributed by atoms with Gasteiger partial charge >= 0.3 is 5.97 Å². The molecule has 0 radical (unpaired) electrons. The first kappa shape index (κ1) is 15.4. The summed E-state index contributed by atoms with van der Waals surface area (Å²) in [6, 6.07) is 2.53. The third kappa shape index (κ3) is 3.37. The van der Waals surface area contributed by atoms with Crippen LogP contribution in [0.1, 0.15) is 25.3 Å². The van der Waals surface area contributed by atoms with E-state index in [-0.39, 0.29) is 17.9 Å². The van der Waals surface area contributed by atoms with Crippen LogP contribution in [0, 0.1) is 17.6 Å². The highest BCUT2D eigenvalue weighted by Gasteiger charge is 2.35. The molecule has 4 nitrogen and oxygen atoms in total. The van der Waals surface area contributed by atoms with Gasteiger partial charge in [0.1, 0.15) is 11.6 Å². The maximum Gasteiger partial charge on any atom is 0.308 e. The summed E-state index contributed by atoms with van der Waals surface area (Å²) in [6.45, 7) is 2.12. The van der Waals surface area contributed by atoms with Crippen LogP contribution >= 0.6 is 0 Å². The van der Waals surface area contributed by atoms with Gasteiger partial charge in [-0.1, -0.05) is 0 Å². The van der Waals surface area contributed by atoms with Gasteiger partial charge in [0.05, 0.1) is 12.3 Å². The minimum Gasteiger partial charge on any atom is -0.481 e. The normalized spacial score (nSPS) is 22.1. The fourth-order valence-electron chi connectivity index (χ4n) is 2.77. The van der Waals surface area contributed by atoms with Gasteiger partial charge in [0.25, 0.3) is 0 Å². The smallest absolute Gasteiger partial charge is 0.308 e. The van der Waals surface area contributed by atoms with Crippen LogP contribution in [0.5, 0.6) is 0 Å². The molecule has 1 heterocycles. The van der Waals surface area contributed by atoms with Crippen molar-refractivity contribution in [1.29, 1.82) is 0 Å². The molecular weight excluding hydrogens is 280 g/mol. The molecule has 6 heteroatoms. The third-order valence-electron chi connectivity index (χ3n) is 3.98. The number of benzene rings is 1. The number of amides is 1. The minimum atomic E-state index is -0.933. The Morgan fingerprint density at radius 3 is 2.76 bits per heavy atom. The van der Waals surface area contributed by atoms with Gasteiger partial charge in [0.15, 0.2) is 0 Å². The Balaban J connectivity index is 2.12. The van der Waals surface area contributed by atoms with Crippen LogP contribution in [0.15, 0.2) is 18.2 Å². The van der Waals surface area contributed by atoms with Gasteiger partial charge in [-0.2, -0.15) is 0 Å². The Bertz CT molecular complexity index is 562. The van der Waals surface area contributed by atoms with E-state index in [1.165, 1.54) is 4.90 Å². The zero-order valence-electron chi connectivity index (χ0n) is 11.7. The second kappa shape index (κ2) is 6.20. The average Bonchev–Trinajstić information content (AvgIpc) is 2.42. The number of carbonyl (C=O) groups is 2. The van der Waals surface area contributed by atoms with Crippen molar-refractivity contribution >= 4 is 11.9 Å². The Morgan fingerprint density at radius 1 is 1.38 bits per heavy atom. The lowest BCUT2D eigenvalue weighted by Crippen LogP contribution is -2.49. The van der Waals surface area contributed by atoms with Crippen LogP contribution in [-0.2, 0) is 16.0 Å². The third-order valence-corrected chi connectivity index (χ3v) is 3.98. The Labute approximate surface area is 121 Å². The first-order valence-electron chi connectivity index (χ1n) is 6.86. The molecule has 0 aromatic heterocycles. The first-order valence-corrected chi connectivity index (χ1v) is 6.86. The van der Waals surface area contributed by atoms with Crippen LogP contribution in [0.25, 0.3) is 0 Å². The summed E-state index contributed by atoms with van der Waals surface area (Å²) in [5, 5.41) is 9.13. The molecular formula is C15H17F2NO3. The number of carboxylic acids is 1. The number of halogens is 2. The van der Waals surface area contributed by atoms with Crippen molar-refractivity contribution < 1.29 is 23.5 Å². The van der Waals surface area contributed by atoms with Crippen molar-refractivity contribution in [3.63, 3.8) is 0 Å². The number of rotatable bonds is 3. The predicted molar refractivity (Wildman–Crippen MR) is 71.6 cm³/mol. The molecule has 1 aliphatic rings. The van der Waals surface area contributed by atoms with Crippen molar-refractivity contribution in [2.24, 2.45) is 5.92 Å². The van der Waals surface area contributed by atoms with E-state index in [4.69, 9.17) is 5.11 Å². The minimum absolute atomic E-state index is 0.00958. The average molecular weight is 297 g/mol. The topological polar surface area (TPSA) is 57.6 Å². The van der Waals surface area contributed by atoms with E-state index in [1.54, 1.807) is 6.92 Å². The van der Waals surface area contributed by atoms with E-state index in [9.17, 15) is 18.4 Å². The number of carboxylic acid groups (broad SMARTS) is 1. The lowest BCUT2D eigenvalue weighted by Gasteiger charge is -2.37. The molecule has 114 valence electrons. The van der Waals surface area contributed by atoms with E-state index in [0.717, 1.165) is 18.2 Å². The van der Waals surface area contributed by atoms with Crippen molar-refractivity contribution in [2.45, 2.75) is 32.2 Å². The van der Waals surface area contributed by atoms with Crippen LogP contribution in [-0.4, -0.2) is 34.5 Å². The highest BCUT2D eigenvalue weighted by Crippen LogP contribution is 2.24. The number of piperidine rings is 1. The number of aliphatic carboxylic acids is 1. The maximum absolute atomic E-state index is 13.6. The first-order chi connectivity index (χ1) is 9.90. The summed E-state index contributed by atoms with van der Waals surface area (Å²) in [5.74, 6) is -3.16. The van der Waals surface area contributed by atoms with Gasteiger partial charge in [0.2, 0.25) is 5.91 Å². The lowest BCUT2D eigenvalue weighted by atomic mass is 9.90. The van der Waals surface area contributed by atoms with Crippen LogP contribution in [0.3, 0.4) is 0 Å². The zero-order valence-corrected chi connectivity index (χ0v) is 11.7. The van der Waals surface area contributed by atoms with Crippen molar-refractivity contribution in [1.82, 2.24) is 4.90 Å². The molecule has 0 bridgehead atoms. The van der Waals surface area contributed by atoms with Crippen molar-refractivity contribution in [2.75, 3.05) is 6.54 Å². The SMILES string of the molecule is C[C@@H]1[C@H](C(=O)O)CCCN1C(=O)Cc1cc(F)ccc1F. The number of hydrogen-bond donors (Lipinski definition) is 1. The van der Waals surface area contributed by atoms with Gasteiger partial charge in [0, 0.05) is 18.2 Å². The molecule has 1 amide bonds. The van der Waals surface area contributed by atoms with Gasteiger partial charge in [-0.15, -0.1) is 0 Å². The molecule has 1 N–H and O–H groups in total. The number of hydrogen-bond acceptors (Lipinski definition) is 2. The second-order valence-corrected chi connectivity index (χ2v) is 5.33. The van der Waals surface area contributed by atoms with Crippen LogP contribution < -0.4 is 0 Å². The molecule has 0 unspecified atom stereocenters. The number of likely N-dealkylation sites (tertiary alicyclic amines) is 1. The van der Waals surface area contributed by atoms with E-state index < -0.39 is 29.6 Å². The molecule has 2 atom stereocenters. The van der Waals surface area contributed by atoms with Gasteiger partial charge in [-0.25, -0.2) is 8.78 Å². The Kier molecular flexibility index (Phi) is 4.55. The van der Waals surface area contributed by atoms with Crippen LogP contribution in [0.2, 0.25) is 0 Å². The zero-order chi connectivity index (χ0) is 15.6.